The molecule has 0 aliphatic carbocycles. The second-order valence-corrected chi connectivity index (χ2v) is 2.88. The van der Waals surface area contributed by atoms with Crippen LogP contribution in [0.5, 0.6) is 5.75 Å². The Morgan fingerprint density at radius 3 is 3.00 bits per heavy atom. The maximum Gasteiger partial charge on any atom is 0.183 e. The fourth-order valence-corrected chi connectivity index (χ4v) is 1.07. The molecule has 0 saturated heterocycles. The lowest BCUT2D eigenvalue weighted by atomic mass is 10.0. The molecule has 0 aromatic heterocycles. The van der Waals surface area contributed by atoms with Crippen molar-refractivity contribution < 1.29 is 15.0 Å². The number of hydrogen-bond acceptors (Lipinski definition) is 3. The molecule has 0 saturated carbocycles. The first-order valence-corrected chi connectivity index (χ1v) is 4.17. The van der Waals surface area contributed by atoms with Gasteiger partial charge in [-0.25, -0.2) is 0 Å². The number of hydrogen-bond donors (Lipinski definition) is 2. The number of carbonyl (C=O) groups excluding carboxylic acids is 1. The van der Waals surface area contributed by atoms with Crippen molar-refractivity contribution in [1.29, 1.82) is 0 Å². The van der Waals surface area contributed by atoms with E-state index < -0.39 is 11.9 Å². The van der Waals surface area contributed by atoms with Crippen LogP contribution >= 0.6 is 0 Å². The van der Waals surface area contributed by atoms with Gasteiger partial charge in [0, 0.05) is 6.42 Å². The summed E-state index contributed by atoms with van der Waals surface area (Å²) in [7, 11) is 0. The summed E-state index contributed by atoms with van der Waals surface area (Å²) in [6, 6.07) is 7.31. The summed E-state index contributed by atoms with van der Waals surface area (Å²) in [5, 5.41) is 18.7. The third-order valence-corrected chi connectivity index (χ3v) is 1.87. The normalized spacial score (nSPS) is 12.1. The van der Waals surface area contributed by atoms with Gasteiger partial charge in [-0.15, -0.1) is 0 Å². The molecular formula is C11H11O3. The third-order valence-electron chi connectivity index (χ3n) is 1.87. The summed E-state index contributed by atoms with van der Waals surface area (Å²) in [5.41, 5.74) is 0.496. The molecule has 3 nitrogen and oxygen atoms in total. The van der Waals surface area contributed by atoms with E-state index >= 15 is 0 Å². The minimum absolute atomic E-state index is 0.0552. The average Bonchev–Trinajstić information content (AvgIpc) is 2.20. The first-order chi connectivity index (χ1) is 6.65. The molecule has 0 amide bonds. The topological polar surface area (TPSA) is 57.5 Å². The smallest absolute Gasteiger partial charge is 0.183 e. The molecule has 3 heteroatoms. The Hall–Kier alpha value is -1.61. The number of aromatic hydroxyl groups is 1. The first-order valence-electron chi connectivity index (χ1n) is 4.17. The van der Waals surface area contributed by atoms with Gasteiger partial charge < -0.3 is 10.2 Å². The SMILES string of the molecule is C=CC(=O)C(O)Cc1c[c]ccc1O. The lowest BCUT2D eigenvalue weighted by Crippen LogP contribution is -2.20. The van der Waals surface area contributed by atoms with E-state index in [0.29, 0.717) is 5.56 Å². The molecule has 0 aliphatic rings. The molecule has 73 valence electrons. The van der Waals surface area contributed by atoms with Gasteiger partial charge in [0.2, 0.25) is 0 Å². The summed E-state index contributed by atoms with van der Waals surface area (Å²) < 4.78 is 0. The molecule has 0 aliphatic heterocycles. The maximum absolute atomic E-state index is 11.0. The van der Waals surface area contributed by atoms with Crippen molar-refractivity contribution in [3.05, 3.63) is 42.5 Å². The molecule has 1 aromatic rings. The van der Waals surface area contributed by atoms with Gasteiger partial charge in [0.05, 0.1) is 0 Å². The van der Waals surface area contributed by atoms with Gasteiger partial charge in [-0.2, -0.15) is 0 Å². The molecule has 0 heterocycles. The van der Waals surface area contributed by atoms with Crippen molar-refractivity contribution in [3.63, 3.8) is 0 Å². The Bertz CT molecular complexity index is 344. The van der Waals surface area contributed by atoms with Crippen molar-refractivity contribution in [3.8, 4) is 5.75 Å². The second kappa shape index (κ2) is 4.58. The summed E-state index contributed by atoms with van der Waals surface area (Å²) in [6.45, 7) is 3.27. The largest absolute Gasteiger partial charge is 0.508 e. The van der Waals surface area contributed by atoms with Crippen LogP contribution in [0.4, 0.5) is 0 Å². The highest BCUT2D eigenvalue weighted by Gasteiger charge is 2.13. The zero-order valence-corrected chi connectivity index (χ0v) is 7.60. The number of rotatable bonds is 4. The number of ketones is 1. The van der Waals surface area contributed by atoms with Crippen molar-refractivity contribution in [2.24, 2.45) is 0 Å². The zero-order valence-electron chi connectivity index (χ0n) is 7.60. The van der Waals surface area contributed by atoms with Crippen molar-refractivity contribution in [2.45, 2.75) is 12.5 Å². The van der Waals surface area contributed by atoms with E-state index in [-0.39, 0.29) is 12.2 Å². The number of phenolic OH excluding ortho intramolecular Hbond substituents is 1. The van der Waals surface area contributed by atoms with Crippen LogP contribution in [0.25, 0.3) is 0 Å². The fraction of sp³-hybridized carbons (Fsp3) is 0.182. The van der Waals surface area contributed by atoms with Gasteiger partial charge in [0.15, 0.2) is 5.78 Å². The lowest BCUT2D eigenvalue weighted by molar-refractivity contribution is -0.122. The van der Waals surface area contributed by atoms with Crippen LogP contribution < -0.4 is 0 Å². The van der Waals surface area contributed by atoms with Crippen LogP contribution in [0.15, 0.2) is 30.9 Å². The summed E-state index contributed by atoms with van der Waals surface area (Å²) in [5.74, 6) is -0.395. The summed E-state index contributed by atoms with van der Waals surface area (Å²) >= 11 is 0. The molecule has 0 fully saturated rings. The van der Waals surface area contributed by atoms with Gasteiger partial charge >= 0.3 is 0 Å². The van der Waals surface area contributed by atoms with E-state index in [2.05, 4.69) is 12.6 Å². The maximum atomic E-state index is 11.0. The monoisotopic (exact) mass is 191 g/mol. The van der Waals surface area contributed by atoms with Crippen molar-refractivity contribution in [1.82, 2.24) is 0 Å². The van der Waals surface area contributed by atoms with Crippen LogP contribution in [0.2, 0.25) is 0 Å². The Morgan fingerprint density at radius 2 is 2.43 bits per heavy atom. The molecule has 1 rings (SSSR count). The first kappa shape index (κ1) is 10.5. The van der Waals surface area contributed by atoms with Crippen LogP contribution in [0.3, 0.4) is 0 Å². The Kier molecular flexibility index (Phi) is 3.42. The van der Waals surface area contributed by atoms with Crippen LogP contribution in [0, 0.1) is 6.07 Å². The fourth-order valence-electron chi connectivity index (χ4n) is 1.07. The highest BCUT2D eigenvalue weighted by atomic mass is 16.3. The van der Waals surface area contributed by atoms with E-state index in [0.717, 1.165) is 6.08 Å². The number of aliphatic hydroxyl groups is 1. The van der Waals surface area contributed by atoms with Crippen LogP contribution in [0.1, 0.15) is 5.56 Å². The van der Waals surface area contributed by atoms with E-state index in [1.807, 2.05) is 0 Å². The minimum atomic E-state index is -1.14. The second-order valence-electron chi connectivity index (χ2n) is 2.88. The summed E-state index contributed by atoms with van der Waals surface area (Å²) in [4.78, 5) is 11.0. The molecule has 0 bridgehead atoms. The molecule has 1 atom stereocenters. The number of aliphatic hydroxyl groups excluding tert-OH is 1. The van der Waals surface area contributed by atoms with E-state index in [1.165, 1.54) is 12.1 Å². The zero-order chi connectivity index (χ0) is 10.6. The van der Waals surface area contributed by atoms with Crippen LogP contribution in [-0.4, -0.2) is 22.1 Å². The van der Waals surface area contributed by atoms with Gasteiger partial charge in [0.1, 0.15) is 11.9 Å². The highest BCUT2D eigenvalue weighted by Crippen LogP contribution is 2.17. The molecule has 1 unspecified atom stereocenters. The minimum Gasteiger partial charge on any atom is -0.508 e. The Morgan fingerprint density at radius 1 is 1.71 bits per heavy atom. The number of carbonyl (C=O) groups is 1. The van der Waals surface area contributed by atoms with E-state index in [4.69, 9.17) is 0 Å². The molecule has 2 N–H and O–H groups in total. The molecule has 1 aromatic carbocycles. The standard InChI is InChI=1S/C11H11O3/c1-2-9(12)11(14)7-8-5-3-4-6-10(8)13/h2,4-6,11,13-14H,1,7H2. The predicted octanol–water partition coefficient (Wildman–Crippen LogP) is 0.851. The quantitative estimate of drug-likeness (QED) is 0.694. The average molecular weight is 191 g/mol. The molecular weight excluding hydrogens is 180 g/mol. The van der Waals surface area contributed by atoms with Gasteiger partial charge in [-0.1, -0.05) is 12.6 Å². The lowest BCUT2D eigenvalue weighted by Gasteiger charge is -2.07. The van der Waals surface area contributed by atoms with Crippen LogP contribution in [-0.2, 0) is 11.2 Å². The molecule has 0 spiro atoms. The van der Waals surface area contributed by atoms with Gasteiger partial charge in [-0.3, -0.25) is 4.79 Å². The molecule has 1 radical (unpaired) electrons. The van der Waals surface area contributed by atoms with E-state index in [1.54, 1.807) is 6.07 Å². The van der Waals surface area contributed by atoms with Crippen molar-refractivity contribution >= 4 is 5.78 Å². The van der Waals surface area contributed by atoms with Crippen molar-refractivity contribution in [2.75, 3.05) is 0 Å². The number of benzene rings is 1. The Labute approximate surface area is 82.3 Å². The molecule has 14 heavy (non-hydrogen) atoms. The number of phenols is 1. The Balaban J connectivity index is 2.74. The van der Waals surface area contributed by atoms with E-state index in [9.17, 15) is 15.0 Å². The van der Waals surface area contributed by atoms with Gasteiger partial charge in [0.25, 0.3) is 0 Å². The van der Waals surface area contributed by atoms with Gasteiger partial charge in [-0.05, 0) is 29.8 Å². The predicted molar refractivity (Wildman–Crippen MR) is 51.9 cm³/mol. The summed E-state index contributed by atoms with van der Waals surface area (Å²) in [6.07, 6.45) is -0.00299. The highest BCUT2D eigenvalue weighted by molar-refractivity contribution is 5.93. The third kappa shape index (κ3) is 2.44.